The number of methoxy groups -OCH3 is 1. The van der Waals surface area contributed by atoms with Crippen LogP contribution in [0.1, 0.15) is 46.5 Å². The van der Waals surface area contributed by atoms with Gasteiger partial charge in [0.05, 0.1) is 12.0 Å². The van der Waals surface area contributed by atoms with Crippen molar-refractivity contribution < 1.29 is 9.53 Å². The van der Waals surface area contributed by atoms with Gasteiger partial charge in [-0.05, 0) is 52.1 Å². The molecule has 0 aromatic rings. The van der Waals surface area contributed by atoms with Gasteiger partial charge in [0.15, 0.2) is 0 Å². The molecular weight excluding hydrogens is 240 g/mol. The normalized spacial score (nSPS) is 20.3. The van der Waals surface area contributed by atoms with Crippen molar-refractivity contribution in [2.45, 2.75) is 52.1 Å². The minimum Gasteiger partial charge on any atom is -0.378 e. The highest BCUT2D eigenvalue weighted by Crippen LogP contribution is 2.17. The second-order valence-corrected chi connectivity index (χ2v) is 6.19. The van der Waals surface area contributed by atoms with Crippen LogP contribution in [-0.2, 0) is 9.53 Å². The Bertz CT molecular complexity index is 273. The predicted molar refractivity (Wildman–Crippen MR) is 78.2 cm³/mol. The van der Waals surface area contributed by atoms with Crippen LogP contribution in [-0.4, -0.2) is 49.7 Å². The molecule has 0 spiro atoms. The van der Waals surface area contributed by atoms with E-state index in [0.717, 1.165) is 32.6 Å². The lowest BCUT2D eigenvalue weighted by atomic mass is 9.98. The van der Waals surface area contributed by atoms with E-state index >= 15 is 0 Å². The highest BCUT2D eigenvalue weighted by atomic mass is 16.5. The third-order valence-corrected chi connectivity index (χ3v) is 3.85. The Morgan fingerprint density at radius 2 is 2.21 bits per heavy atom. The molecule has 1 atom stereocenters. The molecule has 0 bridgehead atoms. The maximum Gasteiger partial charge on any atom is 0.225 e. The van der Waals surface area contributed by atoms with E-state index in [1.54, 1.807) is 7.11 Å². The van der Waals surface area contributed by atoms with Crippen LogP contribution in [0.25, 0.3) is 0 Å². The highest BCUT2D eigenvalue weighted by molar-refractivity contribution is 5.77. The molecule has 1 aliphatic rings. The number of carbonyl (C=O) groups is 1. The van der Waals surface area contributed by atoms with E-state index in [1.165, 1.54) is 12.8 Å². The lowest BCUT2D eigenvalue weighted by Gasteiger charge is -2.32. The summed E-state index contributed by atoms with van der Waals surface area (Å²) in [7, 11) is 1.67. The molecule has 4 heteroatoms. The van der Waals surface area contributed by atoms with E-state index in [-0.39, 0.29) is 11.5 Å². The molecule has 1 heterocycles. The quantitative estimate of drug-likeness (QED) is 0.770. The summed E-state index contributed by atoms with van der Waals surface area (Å²) < 4.78 is 5.37. The van der Waals surface area contributed by atoms with Crippen molar-refractivity contribution in [3.8, 4) is 0 Å². The number of nitrogens with zero attached hydrogens (tertiary/aromatic N) is 1. The lowest BCUT2D eigenvalue weighted by Crippen LogP contribution is -2.43. The van der Waals surface area contributed by atoms with Gasteiger partial charge >= 0.3 is 0 Å². The molecule has 112 valence electrons. The van der Waals surface area contributed by atoms with Gasteiger partial charge in [-0.3, -0.25) is 4.79 Å². The van der Waals surface area contributed by atoms with Crippen LogP contribution in [0, 0.1) is 5.92 Å². The second kappa shape index (κ2) is 7.85. The van der Waals surface area contributed by atoms with Gasteiger partial charge in [0, 0.05) is 20.2 Å². The Morgan fingerprint density at radius 1 is 1.47 bits per heavy atom. The van der Waals surface area contributed by atoms with Gasteiger partial charge in [0.2, 0.25) is 5.91 Å². The SMILES string of the molecule is CCCN(CC1CCCNC1)C(=O)CC(C)(C)OC. The number of carbonyl (C=O) groups excluding carboxylic acids is 1. The number of nitrogens with one attached hydrogen (secondary N) is 1. The largest absolute Gasteiger partial charge is 0.378 e. The Balaban J connectivity index is 2.52. The molecule has 1 unspecified atom stereocenters. The summed E-state index contributed by atoms with van der Waals surface area (Å²) in [6.45, 7) is 9.97. The first-order chi connectivity index (χ1) is 8.98. The van der Waals surface area contributed by atoms with E-state index < -0.39 is 0 Å². The van der Waals surface area contributed by atoms with Gasteiger partial charge < -0.3 is 15.0 Å². The maximum absolute atomic E-state index is 12.4. The molecule has 0 radical (unpaired) electrons. The average Bonchev–Trinajstić information content (AvgIpc) is 2.39. The smallest absolute Gasteiger partial charge is 0.225 e. The van der Waals surface area contributed by atoms with Gasteiger partial charge in [-0.1, -0.05) is 6.92 Å². The zero-order chi connectivity index (χ0) is 14.3. The van der Waals surface area contributed by atoms with E-state index in [2.05, 4.69) is 12.2 Å². The molecule has 0 aromatic heterocycles. The number of rotatable bonds is 7. The fraction of sp³-hybridized carbons (Fsp3) is 0.933. The van der Waals surface area contributed by atoms with Crippen molar-refractivity contribution in [2.24, 2.45) is 5.92 Å². The molecule has 4 nitrogen and oxygen atoms in total. The van der Waals surface area contributed by atoms with Crippen molar-refractivity contribution in [1.82, 2.24) is 10.2 Å². The van der Waals surface area contributed by atoms with Crippen molar-refractivity contribution in [1.29, 1.82) is 0 Å². The number of ether oxygens (including phenoxy) is 1. The first-order valence-corrected chi connectivity index (χ1v) is 7.52. The lowest BCUT2D eigenvalue weighted by molar-refractivity contribution is -0.137. The molecule has 1 N–H and O–H groups in total. The van der Waals surface area contributed by atoms with Crippen molar-refractivity contribution in [3.05, 3.63) is 0 Å². The van der Waals surface area contributed by atoms with Crippen LogP contribution < -0.4 is 5.32 Å². The average molecular weight is 270 g/mol. The number of amides is 1. The predicted octanol–water partition coefficient (Wildman–Crippen LogP) is 2.04. The monoisotopic (exact) mass is 270 g/mol. The molecule has 19 heavy (non-hydrogen) atoms. The minimum atomic E-state index is -0.367. The summed E-state index contributed by atoms with van der Waals surface area (Å²) in [6.07, 6.45) is 3.93. The number of piperidine rings is 1. The first kappa shape index (κ1) is 16.4. The first-order valence-electron chi connectivity index (χ1n) is 7.52. The van der Waals surface area contributed by atoms with Crippen LogP contribution in [0.5, 0.6) is 0 Å². The van der Waals surface area contributed by atoms with Gasteiger partial charge in [-0.15, -0.1) is 0 Å². The Morgan fingerprint density at radius 3 is 2.74 bits per heavy atom. The molecule has 1 saturated heterocycles. The van der Waals surface area contributed by atoms with E-state index in [1.807, 2.05) is 18.7 Å². The summed E-state index contributed by atoms with van der Waals surface area (Å²) in [5.74, 6) is 0.828. The maximum atomic E-state index is 12.4. The highest BCUT2D eigenvalue weighted by Gasteiger charge is 2.26. The van der Waals surface area contributed by atoms with E-state index in [0.29, 0.717) is 12.3 Å². The van der Waals surface area contributed by atoms with Gasteiger partial charge in [-0.25, -0.2) is 0 Å². The van der Waals surface area contributed by atoms with E-state index in [9.17, 15) is 4.79 Å². The Kier molecular flexibility index (Phi) is 6.80. The Hall–Kier alpha value is -0.610. The minimum absolute atomic E-state index is 0.222. The summed E-state index contributed by atoms with van der Waals surface area (Å²) >= 11 is 0. The fourth-order valence-electron chi connectivity index (χ4n) is 2.53. The van der Waals surface area contributed by atoms with Gasteiger partial charge in [0.1, 0.15) is 0 Å². The zero-order valence-corrected chi connectivity index (χ0v) is 13.0. The van der Waals surface area contributed by atoms with Gasteiger partial charge in [0.25, 0.3) is 0 Å². The topological polar surface area (TPSA) is 41.6 Å². The van der Waals surface area contributed by atoms with Crippen molar-refractivity contribution in [2.75, 3.05) is 33.3 Å². The second-order valence-electron chi connectivity index (χ2n) is 6.19. The number of hydrogen-bond acceptors (Lipinski definition) is 3. The van der Waals surface area contributed by atoms with Crippen LogP contribution in [0.15, 0.2) is 0 Å². The number of hydrogen-bond donors (Lipinski definition) is 1. The molecule has 0 aromatic carbocycles. The van der Waals surface area contributed by atoms with Gasteiger partial charge in [-0.2, -0.15) is 0 Å². The molecule has 1 rings (SSSR count). The third kappa shape index (κ3) is 5.91. The summed E-state index contributed by atoms with van der Waals surface area (Å²) in [4.78, 5) is 14.4. The van der Waals surface area contributed by atoms with Crippen molar-refractivity contribution >= 4 is 5.91 Å². The summed E-state index contributed by atoms with van der Waals surface area (Å²) in [5, 5.41) is 3.42. The van der Waals surface area contributed by atoms with Crippen LogP contribution in [0.2, 0.25) is 0 Å². The molecule has 1 aliphatic heterocycles. The molecule has 1 amide bonds. The fourth-order valence-corrected chi connectivity index (χ4v) is 2.53. The molecule has 0 aliphatic carbocycles. The third-order valence-electron chi connectivity index (χ3n) is 3.85. The standard InChI is InChI=1S/C15H30N2O2/c1-5-9-17(12-13-7-6-8-16-11-13)14(18)10-15(2,3)19-4/h13,16H,5-12H2,1-4H3. The van der Waals surface area contributed by atoms with Crippen molar-refractivity contribution in [3.63, 3.8) is 0 Å². The summed E-state index contributed by atoms with van der Waals surface area (Å²) in [6, 6.07) is 0. The molecular formula is C15H30N2O2. The van der Waals surface area contributed by atoms with Crippen LogP contribution in [0.4, 0.5) is 0 Å². The van der Waals surface area contributed by atoms with Crippen LogP contribution in [0.3, 0.4) is 0 Å². The Labute approximate surface area is 117 Å². The van der Waals surface area contributed by atoms with Crippen LogP contribution >= 0.6 is 0 Å². The molecule has 0 saturated carbocycles. The zero-order valence-electron chi connectivity index (χ0n) is 13.0. The molecule has 1 fully saturated rings. The van der Waals surface area contributed by atoms with E-state index in [4.69, 9.17) is 4.74 Å². The summed E-state index contributed by atoms with van der Waals surface area (Å²) in [5.41, 5.74) is -0.367.